The standard InChI is InChI=1S/C16H30O8S2/c1-15(7-17,8-18)11-23-13(21)3-5-25-26-6-4-14(22)24-12-16(2,9-19)10-20/h17-20H,3-12H2,1-2H3. The zero-order valence-electron chi connectivity index (χ0n) is 15.3. The fourth-order valence-corrected chi connectivity index (χ4v) is 3.25. The highest BCUT2D eigenvalue weighted by Crippen LogP contribution is 2.23. The van der Waals surface area contributed by atoms with Gasteiger partial charge in [-0.05, 0) is 0 Å². The Morgan fingerprint density at radius 3 is 1.31 bits per heavy atom. The minimum Gasteiger partial charge on any atom is -0.465 e. The first kappa shape index (κ1) is 25.5. The Balaban J connectivity index is 3.72. The van der Waals surface area contributed by atoms with Crippen LogP contribution in [-0.4, -0.2) is 83.5 Å². The van der Waals surface area contributed by atoms with Crippen molar-refractivity contribution in [3.8, 4) is 0 Å². The van der Waals surface area contributed by atoms with E-state index in [9.17, 15) is 9.59 Å². The van der Waals surface area contributed by atoms with Gasteiger partial charge in [0, 0.05) is 22.3 Å². The maximum Gasteiger partial charge on any atom is 0.306 e. The number of hydrogen-bond acceptors (Lipinski definition) is 10. The molecule has 0 saturated carbocycles. The number of aliphatic hydroxyl groups is 4. The van der Waals surface area contributed by atoms with Gasteiger partial charge in [-0.15, -0.1) is 0 Å². The Morgan fingerprint density at radius 2 is 1.04 bits per heavy atom. The van der Waals surface area contributed by atoms with Crippen LogP contribution in [0.15, 0.2) is 0 Å². The first-order chi connectivity index (χ1) is 12.2. The second kappa shape index (κ2) is 13.6. The van der Waals surface area contributed by atoms with Gasteiger partial charge in [-0.3, -0.25) is 9.59 Å². The van der Waals surface area contributed by atoms with E-state index in [1.807, 2.05) is 0 Å². The summed E-state index contributed by atoms with van der Waals surface area (Å²) in [5.74, 6) is 0.220. The van der Waals surface area contributed by atoms with Crippen molar-refractivity contribution in [2.75, 3.05) is 51.1 Å². The minimum absolute atomic E-state index is 0.0386. The number of carbonyl (C=O) groups excluding carboxylic acids is 2. The van der Waals surface area contributed by atoms with Gasteiger partial charge in [-0.1, -0.05) is 35.4 Å². The number of ether oxygens (including phenoxy) is 2. The average molecular weight is 415 g/mol. The molecule has 26 heavy (non-hydrogen) atoms. The Labute approximate surface area is 162 Å². The number of hydrogen-bond donors (Lipinski definition) is 4. The van der Waals surface area contributed by atoms with Gasteiger partial charge in [-0.25, -0.2) is 0 Å². The largest absolute Gasteiger partial charge is 0.465 e. The highest BCUT2D eigenvalue weighted by Gasteiger charge is 2.25. The van der Waals surface area contributed by atoms with Gasteiger partial charge in [0.15, 0.2) is 0 Å². The van der Waals surface area contributed by atoms with Crippen LogP contribution in [0.25, 0.3) is 0 Å². The van der Waals surface area contributed by atoms with E-state index in [1.54, 1.807) is 13.8 Å². The van der Waals surface area contributed by atoms with E-state index < -0.39 is 22.8 Å². The fourth-order valence-electron chi connectivity index (χ4n) is 1.30. The zero-order valence-corrected chi connectivity index (χ0v) is 16.9. The summed E-state index contributed by atoms with van der Waals surface area (Å²) >= 11 is 0. The zero-order chi connectivity index (χ0) is 20.1. The lowest BCUT2D eigenvalue weighted by molar-refractivity contribution is -0.149. The second-order valence-electron chi connectivity index (χ2n) is 6.72. The van der Waals surface area contributed by atoms with Crippen LogP contribution < -0.4 is 0 Å². The molecule has 0 radical (unpaired) electrons. The van der Waals surface area contributed by atoms with E-state index in [4.69, 9.17) is 29.9 Å². The summed E-state index contributed by atoms with van der Waals surface area (Å²) in [4.78, 5) is 23.2. The van der Waals surface area contributed by atoms with Crippen molar-refractivity contribution < 1.29 is 39.5 Å². The molecule has 0 aliphatic rings. The summed E-state index contributed by atoms with van der Waals surface area (Å²) in [5.41, 5.74) is -1.67. The van der Waals surface area contributed by atoms with Crippen molar-refractivity contribution in [2.24, 2.45) is 10.8 Å². The molecule has 0 rings (SSSR count). The molecule has 0 heterocycles. The lowest BCUT2D eigenvalue weighted by Crippen LogP contribution is -2.32. The Morgan fingerprint density at radius 1 is 0.731 bits per heavy atom. The van der Waals surface area contributed by atoms with Crippen molar-refractivity contribution in [2.45, 2.75) is 26.7 Å². The van der Waals surface area contributed by atoms with Gasteiger partial charge < -0.3 is 29.9 Å². The lowest BCUT2D eigenvalue weighted by atomic mass is 9.94. The summed E-state index contributed by atoms with van der Waals surface area (Å²) in [6.07, 6.45) is 0.390. The van der Waals surface area contributed by atoms with Crippen molar-refractivity contribution in [1.82, 2.24) is 0 Å². The first-order valence-electron chi connectivity index (χ1n) is 8.23. The van der Waals surface area contributed by atoms with Crippen LogP contribution in [0.2, 0.25) is 0 Å². The highest BCUT2D eigenvalue weighted by atomic mass is 33.1. The predicted octanol–water partition coefficient (Wildman–Crippen LogP) is 0.216. The van der Waals surface area contributed by atoms with Crippen LogP contribution in [0.4, 0.5) is 0 Å². The molecule has 0 fully saturated rings. The molecule has 8 nitrogen and oxygen atoms in total. The van der Waals surface area contributed by atoms with E-state index in [0.717, 1.165) is 0 Å². The summed E-state index contributed by atoms with van der Waals surface area (Å²) in [6, 6.07) is 0. The molecule has 0 aliphatic heterocycles. The average Bonchev–Trinajstić information content (AvgIpc) is 2.66. The van der Waals surface area contributed by atoms with Gasteiger partial charge >= 0.3 is 11.9 Å². The normalized spacial score (nSPS) is 12.1. The van der Waals surface area contributed by atoms with Crippen molar-refractivity contribution in [1.29, 1.82) is 0 Å². The molecule has 0 amide bonds. The first-order valence-corrected chi connectivity index (χ1v) is 10.7. The number of aliphatic hydroxyl groups excluding tert-OH is 4. The van der Waals surface area contributed by atoms with E-state index in [-0.39, 0.29) is 52.5 Å². The Bertz CT molecular complexity index is 373. The molecule has 0 bridgehead atoms. The Kier molecular flexibility index (Phi) is 13.3. The van der Waals surface area contributed by atoms with E-state index in [1.165, 1.54) is 21.6 Å². The van der Waals surface area contributed by atoms with Gasteiger partial charge in [-0.2, -0.15) is 0 Å². The third kappa shape index (κ3) is 11.2. The molecular formula is C16H30O8S2. The molecule has 0 aliphatic carbocycles. The fraction of sp³-hybridized carbons (Fsp3) is 0.875. The van der Waals surface area contributed by atoms with E-state index in [0.29, 0.717) is 11.5 Å². The predicted molar refractivity (Wildman–Crippen MR) is 101 cm³/mol. The van der Waals surface area contributed by atoms with Crippen LogP contribution >= 0.6 is 21.6 Å². The van der Waals surface area contributed by atoms with Crippen LogP contribution in [-0.2, 0) is 19.1 Å². The molecule has 4 N–H and O–H groups in total. The second-order valence-corrected chi connectivity index (χ2v) is 9.42. The van der Waals surface area contributed by atoms with E-state index in [2.05, 4.69) is 0 Å². The molecule has 0 saturated heterocycles. The van der Waals surface area contributed by atoms with Crippen molar-refractivity contribution in [3.63, 3.8) is 0 Å². The van der Waals surface area contributed by atoms with Gasteiger partial charge in [0.1, 0.15) is 13.2 Å². The highest BCUT2D eigenvalue weighted by molar-refractivity contribution is 8.76. The van der Waals surface area contributed by atoms with Gasteiger partial charge in [0.05, 0.1) is 39.3 Å². The molecule has 0 atom stereocenters. The van der Waals surface area contributed by atoms with Crippen LogP contribution in [0.5, 0.6) is 0 Å². The SMILES string of the molecule is CC(CO)(CO)COC(=O)CCSSCCC(=O)OCC(C)(CO)CO. The van der Waals surface area contributed by atoms with Gasteiger partial charge in [0.25, 0.3) is 0 Å². The smallest absolute Gasteiger partial charge is 0.306 e. The third-order valence-corrected chi connectivity index (χ3v) is 5.96. The Hall–Kier alpha value is -0.520. The molecule has 0 aromatic carbocycles. The molecule has 0 aromatic heterocycles. The van der Waals surface area contributed by atoms with Crippen LogP contribution in [0, 0.1) is 10.8 Å². The maximum absolute atomic E-state index is 11.6. The lowest BCUT2D eigenvalue weighted by Gasteiger charge is -2.23. The molecule has 0 aromatic rings. The summed E-state index contributed by atoms with van der Waals surface area (Å²) in [5, 5.41) is 36.4. The van der Waals surface area contributed by atoms with E-state index >= 15 is 0 Å². The molecule has 154 valence electrons. The summed E-state index contributed by atoms with van der Waals surface area (Å²) in [6.45, 7) is 2.08. The van der Waals surface area contributed by atoms with Gasteiger partial charge in [0.2, 0.25) is 0 Å². The number of rotatable bonds is 15. The van der Waals surface area contributed by atoms with Crippen molar-refractivity contribution >= 4 is 33.5 Å². The molecular weight excluding hydrogens is 384 g/mol. The summed E-state index contributed by atoms with van der Waals surface area (Å²) in [7, 11) is 2.86. The number of esters is 2. The van der Waals surface area contributed by atoms with Crippen LogP contribution in [0.1, 0.15) is 26.7 Å². The van der Waals surface area contributed by atoms with Crippen molar-refractivity contribution in [3.05, 3.63) is 0 Å². The third-order valence-electron chi connectivity index (χ3n) is 3.55. The monoisotopic (exact) mass is 414 g/mol. The molecule has 0 unspecified atom stereocenters. The molecule has 10 heteroatoms. The quantitative estimate of drug-likeness (QED) is 0.167. The molecule has 0 spiro atoms. The topological polar surface area (TPSA) is 134 Å². The minimum atomic E-state index is -0.833. The maximum atomic E-state index is 11.6. The van der Waals surface area contributed by atoms with Crippen LogP contribution in [0.3, 0.4) is 0 Å². The summed E-state index contributed by atoms with van der Waals surface area (Å²) < 4.78 is 10.0. The number of carbonyl (C=O) groups is 2.